The van der Waals surface area contributed by atoms with Gasteiger partial charge >= 0.3 is 0 Å². The third-order valence-corrected chi connectivity index (χ3v) is 6.31. The van der Waals surface area contributed by atoms with E-state index in [-0.39, 0.29) is 11.7 Å². The van der Waals surface area contributed by atoms with Crippen molar-refractivity contribution in [2.75, 3.05) is 26.2 Å². The highest BCUT2D eigenvalue weighted by Gasteiger charge is 2.78. The lowest BCUT2D eigenvalue weighted by Gasteiger charge is -2.41. The maximum Gasteiger partial charge on any atom is 0.237 e. The Hall–Kier alpha value is -1.23. The Morgan fingerprint density at radius 1 is 1.05 bits per heavy atom. The van der Waals surface area contributed by atoms with Crippen LogP contribution in [0.25, 0.3) is 0 Å². The minimum Gasteiger partial charge on any atom is -0.339 e. The van der Waals surface area contributed by atoms with Crippen LogP contribution in [0.3, 0.4) is 0 Å². The molecule has 5 nitrogen and oxygen atoms in total. The van der Waals surface area contributed by atoms with Crippen molar-refractivity contribution in [3.05, 3.63) is 0 Å². The topological polar surface area (TPSA) is 66.5 Å². The van der Waals surface area contributed by atoms with E-state index in [4.69, 9.17) is 0 Å². The molecule has 1 heterocycles. The third-order valence-electron chi connectivity index (χ3n) is 6.31. The van der Waals surface area contributed by atoms with Gasteiger partial charge in [-0.15, -0.1) is 0 Å². The van der Waals surface area contributed by atoms with E-state index in [0.717, 1.165) is 13.1 Å². The molecule has 0 radical (unpaired) electrons. The smallest absolute Gasteiger partial charge is 0.237 e. The lowest BCUT2D eigenvalue weighted by Crippen LogP contribution is -2.56. The highest BCUT2D eigenvalue weighted by atomic mass is 16.2. The van der Waals surface area contributed by atoms with Crippen molar-refractivity contribution in [1.82, 2.24) is 10.2 Å². The Kier molecular flexibility index (Phi) is 2.68. The molecular formula is C15H22N2O3. The van der Waals surface area contributed by atoms with Crippen molar-refractivity contribution < 1.29 is 14.4 Å². The predicted octanol–water partition coefficient (Wildman–Crippen LogP) is 0.383. The van der Waals surface area contributed by atoms with Crippen molar-refractivity contribution in [3.8, 4) is 0 Å². The monoisotopic (exact) mass is 278 g/mol. The summed E-state index contributed by atoms with van der Waals surface area (Å²) < 4.78 is 0. The van der Waals surface area contributed by atoms with Crippen molar-refractivity contribution >= 4 is 17.5 Å². The quantitative estimate of drug-likeness (QED) is 0.556. The number of nitrogens with zero attached hydrogens (tertiary/aromatic N) is 1. The van der Waals surface area contributed by atoms with Crippen LogP contribution in [-0.4, -0.2) is 48.6 Å². The van der Waals surface area contributed by atoms with Crippen LogP contribution in [0.5, 0.6) is 0 Å². The van der Waals surface area contributed by atoms with Gasteiger partial charge in [-0.3, -0.25) is 14.4 Å². The first-order valence-electron chi connectivity index (χ1n) is 7.38. The van der Waals surface area contributed by atoms with Gasteiger partial charge in [0.25, 0.3) is 0 Å². The van der Waals surface area contributed by atoms with E-state index in [1.807, 2.05) is 20.8 Å². The molecule has 0 aromatic carbocycles. The van der Waals surface area contributed by atoms with Crippen molar-refractivity contribution in [2.45, 2.75) is 33.6 Å². The molecule has 0 aromatic rings. The molecule has 2 saturated carbocycles. The predicted molar refractivity (Wildman–Crippen MR) is 73.0 cm³/mol. The molecule has 1 N–H and O–H groups in total. The maximum atomic E-state index is 13.0. The van der Waals surface area contributed by atoms with E-state index in [1.54, 1.807) is 4.90 Å². The van der Waals surface area contributed by atoms with Crippen LogP contribution in [-0.2, 0) is 14.4 Å². The molecule has 3 fully saturated rings. The summed E-state index contributed by atoms with van der Waals surface area (Å²) in [6, 6.07) is 0. The van der Waals surface area contributed by atoms with Crippen molar-refractivity contribution in [1.29, 1.82) is 0 Å². The molecule has 0 unspecified atom stereocenters. The molecular weight excluding hydrogens is 256 g/mol. The largest absolute Gasteiger partial charge is 0.339 e. The second kappa shape index (κ2) is 3.91. The van der Waals surface area contributed by atoms with E-state index in [2.05, 4.69) is 5.32 Å². The molecule has 110 valence electrons. The second-order valence-corrected chi connectivity index (χ2v) is 7.06. The van der Waals surface area contributed by atoms with Gasteiger partial charge in [0.05, 0.1) is 0 Å². The summed E-state index contributed by atoms with van der Waals surface area (Å²) in [6.07, 6.45) is 1.16. The Bertz CT molecular complexity index is 507. The molecule has 20 heavy (non-hydrogen) atoms. The first-order chi connectivity index (χ1) is 9.29. The standard InChI is InChI=1S/C15H22N2O3/c1-13(2)14(3)4-5-15(13,11(19)10(14)18)12(20)17-8-6-16-7-9-17/h16H,4-9H2,1-3H3/t14-,15+/m1/s1. The fourth-order valence-corrected chi connectivity index (χ4v) is 4.38. The molecule has 1 saturated heterocycles. The Labute approximate surface area is 119 Å². The second-order valence-electron chi connectivity index (χ2n) is 7.06. The van der Waals surface area contributed by atoms with Crippen LogP contribution >= 0.6 is 0 Å². The number of amides is 1. The van der Waals surface area contributed by atoms with Gasteiger partial charge in [0, 0.05) is 31.6 Å². The van der Waals surface area contributed by atoms with E-state index in [0.29, 0.717) is 25.9 Å². The number of carbonyl (C=O) groups is 3. The van der Waals surface area contributed by atoms with Crippen LogP contribution in [0.15, 0.2) is 0 Å². The van der Waals surface area contributed by atoms with Gasteiger partial charge in [-0.25, -0.2) is 0 Å². The van der Waals surface area contributed by atoms with Crippen LogP contribution in [0.1, 0.15) is 33.6 Å². The van der Waals surface area contributed by atoms with Crippen LogP contribution < -0.4 is 5.32 Å². The van der Waals surface area contributed by atoms with Gasteiger partial charge in [0.2, 0.25) is 17.5 Å². The summed E-state index contributed by atoms with van der Waals surface area (Å²) >= 11 is 0. The first kappa shape index (κ1) is 13.7. The number of nitrogens with one attached hydrogen (secondary N) is 1. The normalized spacial score (nSPS) is 39.5. The molecule has 1 amide bonds. The summed E-state index contributed by atoms with van der Waals surface area (Å²) in [5.74, 6) is -0.902. The number of fused-ring (bicyclic) bond motifs is 2. The van der Waals surface area contributed by atoms with Crippen LogP contribution in [0.2, 0.25) is 0 Å². The van der Waals surface area contributed by atoms with Gasteiger partial charge in [-0.1, -0.05) is 20.8 Å². The molecule has 2 bridgehead atoms. The molecule has 2 atom stereocenters. The molecule has 5 heteroatoms. The van der Waals surface area contributed by atoms with Gasteiger partial charge in [0.15, 0.2) is 0 Å². The lowest BCUT2D eigenvalue weighted by molar-refractivity contribution is -0.155. The Balaban J connectivity index is 2.04. The highest BCUT2D eigenvalue weighted by Crippen LogP contribution is 2.69. The molecule has 1 aliphatic heterocycles. The van der Waals surface area contributed by atoms with Crippen molar-refractivity contribution in [3.63, 3.8) is 0 Å². The maximum absolute atomic E-state index is 13.0. The molecule has 0 aromatic heterocycles. The Morgan fingerprint density at radius 2 is 1.65 bits per heavy atom. The number of hydrogen-bond acceptors (Lipinski definition) is 4. The zero-order chi connectivity index (χ0) is 14.8. The van der Waals surface area contributed by atoms with Crippen molar-refractivity contribution in [2.24, 2.45) is 16.2 Å². The fourth-order valence-electron chi connectivity index (χ4n) is 4.38. The van der Waals surface area contributed by atoms with Crippen LogP contribution in [0, 0.1) is 16.2 Å². The fraction of sp³-hybridized carbons (Fsp3) is 0.800. The lowest BCUT2D eigenvalue weighted by atomic mass is 9.64. The van der Waals surface area contributed by atoms with Gasteiger partial charge < -0.3 is 10.2 Å². The van der Waals surface area contributed by atoms with E-state index >= 15 is 0 Å². The van der Waals surface area contributed by atoms with Crippen LogP contribution in [0.4, 0.5) is 0 Å². The average molecular weight is 278 g/mol. The number of Topliss-reactive ketones (excluding diaryl/α,β-unsaturated/α-hetero) is 2. The SMILES string of the molecule is CC1(C)[C@@]2(C(=O)N3CCNCC3)CC[C@]1(C)C(=O)C2=O. The minimum absolute atomic E-state index is 0.122. The molecule has 3 aliphatic rings. The zero-order valence-corrected chi connectivity index (χ0v) is 12.4. The number of ketones is 2. The summed E-state index contributed by atoms with van der Waals surface area (Å²) in [4.78, 5) is 39.7. The molecule has 2 aliphatic carbocycles. The van der Waals surface area contributed by atoms with E-state index in [1.165, 1.54) is 0 Å². The van der Waals surface area contributed by atoms with E-state index < -0.39 is 22.0 Å². The molecule has 0 spiro atoms. The third kappa shape index (κ3) is 1.25. The number of hydrogen-bond donors (Lipinski definition) is 1. The Morgan fingerprint density at radius 3 is 2.15 bits per heavy atom. The minimum atomic E-state index is -1.11. The first-order valence-corrected chi connectivity index (χ1v) is 7.38. The summed E-state index contributed by atoms with van der Waals surface area (Å²) in [7, 11) is 0. The average Bonchev–Trinajstić information content (AvgIpc) is 2.71. The van der Waals surface area contributed by atoms with Gasteiger partial charge in [0.1, 0.15) is 5.41 Å². The van der Waals surface area contributed by atoms with E-state index in [9.17, 15) is 14.4 Å². The summed E-state index contributed by atoms with van der Waals surface area (Å²) in [6.45, 7) is 8.44. The highest BCUT2D eigenvalue weighted by molar-refractivity contribution is 6.48. The number of piperazine rings is 1. The summed E-state index contributed by atoms with van der Waals surface area (Å²) in [5.41, 5.74) is -2.37. The summed E-state index contributed by atoms with van der Waals surface area (Å²) in [5, 5.41) is 3.20. The molecule has 3 rings (SSSR count). The number of carbonyl (C=O) groups excluding carboxylic acids is 3. The zero-order valence-electron chi connectivity index (χ0n) is 12.4. The van der Waals surface area contributed by atoms with Gasteiger partial charge in [-0.2, -0.15) is 0 Å². The number of rotatable bonds is 1. The van der Waals surface area contributed by atoms with Gasteiger partial charge in [-0.05, 0) is 18.3 Å².